The molecule has 2 fully saturated rings. The van der Waals surface area contributed by atoms with Crippen molar-refractivity contribution in [1.82, 2.24) is 31.3 Å². The summed E-state index contributed by atoms with van der Waals surface area (Å²) >= 11 is 0. The number of rotatable bonds is 8. The van der Waals surface area contributed by atoms with Crippen LogP contribution in [-0.2, 0) is 16.0 Å². The molecule has 35 heavy (non-hydrogen) atoms. The average Bonchev–Trinajstić information content (AvgIpc) is 3.56. The molecule has 9 nitrogen and oxygen atoms in total. The van der Waals surface area contributed by atoms with Crippen molar-refractivity contribution in [1.29, 1.82) is 0 Å². The van der Waals surface area contributed by atoms with Crippen LogP contribution in [0.4, 0.5) is 0 Å². The molecule has 186 valence electrons. The predicted octanol–water partition coefficient (Wildman–Crippen LogP) is 2.43. The van der Waals surface area contributed by atoms with Crippen molar-refractivity contribution in [2.75, 3.05) is 26.3 Å². The second-order valence-electron chi connectivity index (χ2n) is 9.76. The third-order valence-electron chi connectivity index (χ3n) is 5.69. The van der Waals surface area contributed by atoms with E-state index in [0.717, 1.165) is 41.2 Å². The number of nitrogens with zero attached hydrogens (tertiary/aromatic N) is 3. The number of aromatic nitrogens is 2. The molecule has 9 heteroatoms. The van der Waals surface area contributed by atoms with E-state index >= 15 is 0 Å². The van der Waals surface area contributed by atoms with E-state index in [1.54, 1.807) is 12.4 Å². The first-order valence-corrected chi connectivity index (χ1v) is 12.0. The van der Waals surface area contributed by atoms with Crippen molar-refractivity contribution in [2.45, 2.75) is 45.6 Å². The molecule has 2 aromatic heterocycles. The maximum atomic E-state index is 6.17. The average molecular weight is 479 g/mol. The van der Waals surface area contributed by atoms with Crippen molar-refractivity contribution >= 4 is 5.70 Å². The van der Waals surface area contributed by atoms with E-state index in [-0.39, 0.29) is 19.2 Å². The number of hydrogen-bond acceptors (Lipinski definition) is 9. The van der Waals surface area contributed by atoms with Crippen LogP contribution < -0.4 is 21.0 Å². The fourth-order valence-corrected chi connectivity index (χ4v) is 3.64. The Kier molecular flexibility index (Phi) is 7.16. The van der Waals surface area contributed by atoms with Gasteiger partial charge in [-0.15, -0.1) is 5.53 Å². The third-order valence-corrected chi connectivity index (χ3v) is 5.69. The highest BCUT2D eigenvalue weighted by Crippen LogP contribution is 2.32. The minimum Gasteiger partial charge on any atom is -0.488 e. The molecule has 0 atom stereocenters. The summed E-state index contributed by atoms with van der Waals surface area (Å²) in [5, 5.41) is 5.19. The van der Waals surface area contributed by atoms with Crippen LogP contribution in [0.5, 0.6) is 5.75 Å². The molecule has 0 amide bonds. The van der Waals surface area contributed by atoms with Crippen LogP contribution in [0.2, 0.25) is 0 Å². The lowest BCUT2D eigenvalue weighted by molar-refractivity contribution is -0.227. The molecule has 5 rings (SSSR count). The van der Waals surface area contributed by atoms with Gasteiger partial charge in [0.05, 0.1) is 43.8 Å². The van der Waals surface area contributed by atoms with Gasteiger partial charge in [0.15, 0.2) is 6.29 Å². The third kappa shape index (κ3) is 6.71. The topological polar surface area (TPSA) is 92.8 Å². The van der Waals surface area contributed by atoms with E-state index < -0.39 is 0 Å². The Morgan fingerprint density at radius 1 is 1.26 bits per heavy atom. The Labute approximate surface area is 207 Å². The molecule has 0 unspecified atom stereocenters. The standard InChI is InChI=1S/C26H32N6O3.H2/c1-26(2)17-33-24(34-18-26)16-32-15-22(30-31-32)25-23(35-21-8-9-21)12-19(13-29-25)6-5-10-27-14-20-7-3-4-11-28-20;/h3-4,7,11-13,15,21,24,27,30-31H,8-10,14,16-18H2,1-2H3;1H. The van der Waals surface area contributed by atoms with E-state index in [1.807, 2.05) is 35.5 Å². The lowest BCUT2D eigenvalue weighted by Crippen LogP contribution is -2.46. The number of ether oxygens (including phenoxy) is 3. The fraction of sp³-hybridized carbons (Fsp3) is 0.462. The van der Waals surface area contributed by atoms with Crippen LogP contribution in [0.15, 0.2) is 42.9 Å². The Bertz CT molecular complexity index is 1100. The summed E-state index contributed by atoms with van der Waals surface area (Å²) in [7, 11) is 0. The molecular formula is C26H34N6O3. The van der Waals surface area contributed by atoms with Crippen LogP contribution in [0.3, 0.4) is 0 Å². The zero-order valence-electron chi connectivity index (χ0n) is 20.2. The predicted molar refractivity (Wildman–Crippen MR) is 133 cm³/mol. The lowest BCUT2D eigenvalue weighted by Gasteiger charge is -2.35. The molecule has 0 radical (unpaired) electrons. The van der Waals surface area contributed by atoms with Crippen LogP contribution in [0, 0.1) is 17.3 Å². The second kappa shape index (κ2) is 10.6. The lowest BCUT2D eigenvalue weighted by atomic mass is 9.96. The summed E-state index contributed by atoms with van der Waals surface area (Å²) in [5.74, 6) is 7.06. The maximum absolute atomic E-state index is 6.17. The summed E-state index contributed by atoms with van der Waals surface area (Å²) in [5.41, 5.74) is 9.76. The molecule has 1 saturated carbocycles. The van der Waals surface area contributed by atoms with Crippen molar-refractivity contribution in [3.63, 3.8) is 0 Å². The van der Waals surface area contributed by atoms with Crippen LogP contribution in [0.25, 0.3) is 5.70 Å². The normalized spacial score (nSPS) is 19.5. The van der Waals surface area contributed by atoms with Gasteiger partial charge in [0.1, 0.15) is 11.4 Å². The maximum Gasteiger partial charge on any atom is 0.176 e. The largest absolute Gasteiger partial charge is 0.488 e. The summed E-state index contributed by atoms with van der Waals surface area (Å²) in [6.07, 6.45) is 7.62. The SMILES string of the molecule is CC1(C)COC(CN2C=C(c3ncc(C#CCNCc4ccccn4)cc3OC3CC3)NN2)OC1.[HH]. The molecule has 0 spiro atoms. The van der Waals surface area contributed by atoms with Crippen LogP contribution in [0.1, 0.15) is 45.1 Å². The number of pyridine rings is 2. The molecule has 3 N–H and O–H groups in total. The minimum atomic E-state index is -0.285. The molecule has 3 aliphatic rings. The first-order valence-electron chi connectivity index (χ1n) is 12.0. The van der Waals surface area contributed by atoms with Crippen molar-refractivity contribution in [2.24, 2.45) is 5.41 Å². The summed E-state index contributed by atoms with van der Waals surface area (Å²) in [6.45, 7) is 7.43. The molecule has 0 aromatic carbocycles. The summed E-state index contributed by atoms with van der Waals surface area (Å²) in [6, 6.07) is 7.84. The highest BCUT2D eigenvalue weighted by Gasteiger charge is 2.31. The molecule has 2 aromatic rings. The first kappa shape index (κ1) is 23.6. The Morgan fingerprint density at radius 2 is 2.11 bits per heavy atom. The summed E-state index contributed by atoms with van der Waals surface area (Å²) < 4.78 is 17.9. The highest BCUT2D eigenvalue weighted by molar-refractivity contribution is 5.67. The van der Waals surface area contributed by atoms with Crippen molar-refractivity contribution < 1.29 is 15.6 Å². The molecule has 0 bridgehead atoms. The fourth-order valence-electron chi connectivity index (χ4n) is 3.64. The number of nitrogens with one attached hydrogen (secondary N) is 3. The van der Waals surface area contributed by atoms with Gasteiger partial charge in [-0.1, -0.05) is 31.8 Å². The van der Waals surface area contributed by atoms with Gasteiger partial charge < -0.3 is 25.0 Å². The van der Waals surface area contributed by atoms with Gasteiger partial charge in [-0.2, -0.15) is 0 Å². The minimum absolute atomic E-state index is 0. The molecule has 2 aliphatic heterocycles. The van der Waals surface area contributed by atoms with E-state index in [2.05, 4.69) is 51.9 Å². The van der Waals surface area contributed by atoms with Crippen LogP contribution in [-0.4, -0.2) is 53.7 Å². The zero-order chi connectivity index (χ0) is 24.1. The summed E-state index contributed by atoms with van der Waals surface area (Å²) in [4.78, 5) is 8.97. The van der Waals surface area contributed by atoms with Gasteiger partial charge >= 0.3 is 0 Å². The van der Waals surface area contributed by atoms with Crippen LogP contribution >= 0.6 is 0 Å². The Hall–Kier alpha value is -3.16. The van der Waals surface area contributed by atoms with Gasteiger partial charge in [0.2, 0.25) is 0 Å². The number of hydrogen-bond donors (Lipinski definition) is 3. The van der Waals surface area contributed by atoms with E-state index in [0.29, 0.717) is 32.8 Å². The Balaban J connectivity index is 0.00000304. The molecule has 1 aliphatic carbocycles. The Morgan fingerprint density at radius 3 is 2.89 bits per heavy atom. The smallest absolute Gasteiger partial charge is 0.176 e. The zero-order valence-corrected chi connectivity index (χ0v) is 20.2. The van der Waals surface area contributed by atoms with E-state index in [1.165, 1.54) is 0 Å². The van der Waals surface area contributed by atoms with E-state index in [4.69, 9.17) is 14.2 Å². The number of hydrazine groups is 2. The monoisotopic (exact) mass is 478 g/mol. The first-order chi connectivity index (χ1) is 17.0. The van der Waals surface area contributed by atoms with Gasteiger partial charge in [-0.05, 0) is 31.0 Å². The second-order valence-corrected chi connectivity index (χ2v) is 9.76. The van der Waals surface area contributed by atoms with Crippen molar-refractivity contribution in [3.8, 4) is 17.6 Å². The molecule has 1 saturated heterocycles. The molecule has 4 heterocycles. The van der Waals surface area contributed by atoms with Gasteiger partial charge in [0.25, 0.3) is 0 Å². The molecular weight excluding hydrogens is 444 g/mol. The van der Waals surface area contributed by atoms with Gasteiger partial charge in [-0.3, -0.25) is 9.99 Å². The van der Waals surface area contributed by atoms with Gasteiger partial charge in [0, 0.05) is 37.5 Å². The van der Waals surface area contributed by atoms with Gasteiger partial charge in [-0.25, -0.2) is 4.98 Å². The quantitative estimate of drug-likeness (QED) is 0.391. The van der Waals surface area contributed by atoms with Crippen molar-refractivity contribution in [3.05, 3.63) is 59.8 Å². The van der Waals surface area contributed by atoms with E-state index in [9.17, 15) is 0 Å². The highest BCUT2D eigenvalue weighted by atomic mass is 16.7.